The average Bonchev–Trinajstić information content (AvgIpc) is 2.75. The summed E-state index contributed by atoms with van der Waals surface area (Å²) >= 11 is 1.22. The Morgan fingerprint density at radius 3 is 2.32 bits per heavy atom. The minimum atomic E-state index is -1.29. The Morgan fingerprint density at radius 1 is 1.26 bits per heavy atom. The molecular formula is C10H13N3O5S. The normalized spacial score (nSPS) is 10.2. The molecule has 0 aromatic carbocycles. The standard InChI is InChI=1S/C10H13N3O5S/c11-2-1-7-12-6(5-19-7)10(18)13(3-8(14)15)4-9(16)17/h5H,1-4,11H2,(H,14,15)(H,16,17). The number of nitrogens with zero attached hydrogens (tertiary/aromatic N) is 2. The lowest BCUT2D eigenvalue weighted by Crippen LogP contribution is -2.39. The fourth-order valence-corrected chi connectivity index (χ4v) is 2.12. The van der Waals surface area contributed by atoms with E-state index in [-0.39, 0.29) is 5.69 Å². The summed E-state index contributed by atoms with van der Waals surface area (Å²) in [5.74, 6) is -3.29. The Labute approximate surface area is 112 Å². The maximum Gasteiger partial charge on any atom is 0.323 e. The van der Waals surface area contributed by atoms with Crippen LogP contribution in [0.25, 0.3) is 0 Å². The Kier molecular flexibility index (Phi) is 5.39. The number of aliphatic carboxylic acids is 2. The third kappa shape index (κ3) is 4.64. The predicted molar refractivity (Wildman–Crippen MR) is 66.0 cm³/mol. The van der Waals surface area contributed by atoms with Crippen molar-refractivity contribution < 1.29 is 24.6 Å². The van der Waals surface area contributed by atoms with Crippen molar-refractivity contribution in [3.05, 3.63) is 16.1 Å². The minimum Gasteiger partial charge on any atom is -0.480 e. The second-order valence-electron chi connectivity index (χ2n) is 3.61. The van der Waals surface area contributed by atoms with Gasteiger partial charge in [0.1, 0.15) is 18.8 Å². The van der Waals surface area contributed by atoms with Gasteiger partial charge in [-0.05, 0) is 6.54 Å². The zero-order chi connectivity index (χ0) is 14.4. The summed E-state index contributed by atoms with van der Waals surface area (Å²) < 4.78 is 0. The molecule has 104 valence electrons. The van der Waals surface area contributed by atoms with Crippen molar-refractivity contribution in [1.29, 1.82) is 0 Å². The quantitative estimate of drug-likeness (QED) is 0.601. The summed E-state index contributed by atoms with van der Waals surface area (Å²) in [6.07, 6.45) is 0.510. The molecule has 0 spiro atoms. The highest BCUT2D eigenvalue weighted by Gasteiger charge is 2.23. The molecule has 4 N–H and O–H groups in total. The van der Waals surface area contributed by atoms with Crippen LogP contribution in [-0.2, 0) is 16.0 Å². The molecule has 0 bridgehead atoms. The van der Waals surface area contributed by atoms with Crippen molar-refractivity contribution in [2.45, 2.75) is 6.42 Å². The van der Waals surface area contributed by atoms with Gasteiger partial charge in [-0.15, -0.1) is 11.3 Å². The van der Waals surface area contributed by atoms with Crippen LogP contribution in [0.4, 0.5) is 0 Å². The SMILES string of the molecule is NCCc1nc(C(=O)N(CC(=O)O)CC(=O)O)cs1. The zero-order valence-electron chi connectivity index (χ0n) is 9.90. The van der Waals surface area contributed by atoms with Crippen molar-refractivity contribution >= 4 is 29.2 Å². The molecule has 19 heavy (non-hydrogen) atoms. The van der Waals surface area contributed by atoms with E-state index in [1.54, 1.807) is 0 Å². The fourth-order valence-electron chi connectivity index (χ4n) is 1.34. The lowest BCUT2D eigenvalue weighted by Gasteiger charge is -2.16. The number of hydrogen-bond donors (Lipinski definition) is 3. The van der Waals surface area contributed by atoms with E-state index in [2.05, 4.69) is 4.98 Å². The highest BCUT2D eigenvalue weighted by atomic mass is 32.1. The van der Waals surface area contributed by atoms with E-state index in [1.807, 2.05) is 0 Å². The second-order valence-corrected chi connectivity index (χ2v) is 4.56. The number of hydrogen-bond acceptors (Lipinski definition) is 6. The van der Waals surface area contributed by atoms with E-state index in [0.717, 1.165) is 0 Å². The van der Waals surface area contributed by atoms with Crippen LogP contribution in [0.3, 0.4) is 0 Å². The van der Waals surface area contributed by atoms with Crippen molar-refractivity contribution in [1.82, 2.24) is 9.88 Å². The first kappa shape index (κ1) is 15.1. The number of carboxylic acid groups (broad SMARTS) is 2. The Balaban J connectivity index is 2.84. The number of nitrogens with two attached hydrogens (primary N) is 1. The molecule has 8 nitrogen and oxygen atoms in total. The fraction of sp³-hybridized carbons (Fsp3) is 0.400. The van der Waals surface area contributed by atoms with Gasteiger partial charge in [-0.2, -0.15) is 0 Å². The van der Waals surface area contributed by atoms with Crippen molar-refractivity contribution in [3.63, 3.8) is 0 Å². The van der Waals surface area contributed by atoms with Gasteiger partial charge in [0.2, 0.25) is 0 Å². The van der Waals surface area contributed by atoms with Crippen LogP contribution >= 0.6 is 11.3 Å². The van der Waals surface area contributed by atoms with Gasteiger partial charge in [-0.25, -0.2) is 4.98 Å². The van der Waals surface area contributed by atoms with Gasteiger partial charge in [-0.1, -0.05) is 0 Å². The Hall–Kier alpha value is -2.00. The maximum atomic E-state index is 11.9. The molecule has 1 aromatic heterocycles. The predicted octanol–water partition coefficient (Wildman–Crippen LogP) is -0.744. The van der Waals surface area contributed by atoms with Crippen LogP contribution in [0.5, 0.6) is 0 Å². The molecule has 0 saturated carbocycles. The number of aromatic nitrogens is 1. The smallest absolute Gasteiger partial charge is 0.323 e. The number of thiazole rings is 1. The van der Waals surface area contributed by atoms with Gasteiger partial charge in [0.15, 0.2) is 0 Å². The average molecular weight is 287 g/mol. The van der Waals surface area contributed by atoms with E-state index >= 15 is 0 Å². The molecule has 1 aromatic rings. The number of amides is 1. The summed E-state index contributed by atoms with van der Waals surface area (Å²) in [6.45, 7) is -0.987. The van der Waals surface area contributed by atoms with Crippen molar-refractivity contribution in [2.24, 2.45) is 5.73 Å². The summed E-state index contributed by atoms with van der Waals surface area (Å²) in [6, 6.07) is 0. The minimum absolute atomic E-state index is 0.0379. The number of carbonyl (C=O) groups excluding carboxylic acids is 1. The van der Waals surface area contributed by atoms with Gasteiger partial charge in [0.25, 0.3) is 5.91 Å². The van der Waals surface area contributed by atoms with Crippen LogP contribution in [-0.4, -0.2) is 57.6 Å². The first-order chi connectivity index (χ1) is 8.93. The van der Waals surface area contributed by atoms with Crippen LogP contribution < -0.4 is 5.73 Å². The van der Waals surface area contributed by atoms with E-state index in [0.29, 0.717) is 22.9 Å². The molecule has 1 rings (SSSR count). The summed E-state index contributed by atoms with van der Waals surface area (Å²) in [7, 11) is 0. The van der Waals surface area contributed by atoms with Gasteiger partial charge < -0.3 is 20.8 Å². The molecule has 0 radical (unpaired) electrons. The van der Waals surface area contributed by atoms with E-state index in [1.165, 1.54) is 16.7 Å². The summed E-state index contributed by atoms with van der Waals surface area (Å²) in [5.41, 5.74) is 5.39. The summed E-state index contributed by atoms with van der Waals surface area (Å²) in [5, 5.41) is 19.4. The van der Waals surface area contributed by atoms with Gasteiger partial charge in [-0.3, -0.25) is 14.4 Å². The molecule has 9 heteroatoms. The molecule has 0 saturated heterocycles. The molecule has 0 atom stereocenters. The largest absolute Gasteiger partial charge is 0.480 e. The molecule has 0 aliphatic rings. The van der Waals surface area contributed by atoms with E-state index < -0.39 is 30.9 Å². The number of carboxylic acids is 2. The van der Waals surface area contributed by atoms with Crippen LogP contribution in [0, 0.1) is 0 Å². The molecule has 1 heterocycles. The van der Waals surface area contributed by atoms with E-state index in [4.69, 9.17) is 15.9 Å². The third-order valence-electron chi connectivity index (χ3n) is 2.07. The van der Waals surface area contributed by atoms with Crippen LogP contribution in [0.1, 0.15) is 15.5 Å². The molecule has 0 aliphatic heterocycles. The van der Waals surface area contributed by atoms with Crippen LogP contribution in [0.2, 0.25) is 0 Å². The number of rotatable bonds is 7. The molecule has 0 fully saturated rings. The van der Waals surface area contributed by atoms with E-state index in [9.17, 15) is 14.4 Å². The molecule has 0 unspecified atom stereocenters. The molecule has 0 aliphatic carbocycles. The third-order valence-corrected chi connectivity index (χ3v) is 2.98. The highest BCUT2D eigenvalue weighted by Crippen LogP contribution is 2.12. The molecule has 1 amide bonds. The van der Waals surface area contributed by atoms with Gasteiger partial charge in [0.05, 0.1) is 5.01 Å². The van der Waals surface area contributed by atoms with Gasteiger partial charge in [0, 0.05) is 11.8 Å². The summed E-state index contributed by atoms with van der Waals surface area (Å²) in [4.78, 5) is 37.9. The first-order valence-corrected chi connectivity index (χ1v) is 6.19. The highest BCUT2D eigenvalue weighted by molar-refractivity contribution is 7.09. The lowest BCUT2D eigenvalue weighted by molar-refractivity contribution is -0.140. The lowest BCUT2D eigenvalue weighted by atomic mass is 10.3. The van der Waals surface area contributed by atoms with Crippen LogP contribution in [0.15, 0.2) is 5.38 Å². The zero-order valence-corrected chi connectivity index (χ0v) is 10.7. The first-order valence-electron chi connectivity index (χ1n) is 5.31. The topological polar surface area (TPSA) is 134 Å². The van der Waals surface area contributed by atoms with Crippen molar-refractivity contribution in [2.75, 3.05) is 19.6 Å². The van der Waals surface area contributed by atoms with Crippen molar-refractivity contribution in [3.8, 4) is 0 Å². The maximum absolute atomic E-state index is 11.9. The second kappa shape index (κ2) is 6.81. The monoisotopic (exact) mass is 287 g/mol. The molecular weight excluding hydrogens is 274 g/mol. The Bertz CT molecular complexity index is 471. The Morgan fingerprint density at radius 2 is 1.84 bits per heavy atom. The number of carbonyl (C=O) groups is 3. The van der Waals surface area contributed by atoms with Gasteiger partial charge >= 0.3 is 11.9 Å².